The quantitative estimate of drug-likeness (QED) is 0.634. The lowest BCUT2D eigenvalue weighted by molar-refractivity contribution is 0.0334. The molecule has 0 aromatic rings. The summed E-state index contributed by atoms with van der Waals surface area (Å²) in [6.07, 6.45) is 6.80. The predicted molar refractivity (Wildman–Crippen MR) is 50.9 cm³/mol. The SMILES string of the molecule is C=CCNC1CC2CCN1CC2. The summed E-state index contributed by atoms with van der Waals surface area (Å²) in [5.74, 6) is 0.998. The van der Waals surface area contributed by atoms with Gasteiger partial charge in [0.05, 0.1) is 6.17 Å². The van der Waals surface area contributed by atoms with Crippen molar-refractivity contribution in [2.45, 2.75) is 25.4 Å². The molecule has 1 unspecified atom stereocenters. The Morgan fingerprint density at radius 2 is 2.17 bits per heavy atom. The summed E-state index contributed by atoms with van der Waals surface area (Å²) < 4.78 is 0. The zero-order chi connectivity index (χ0) is 8.39. The zero-order valence-corrected chi connectivity index (χ0v) is 7.63. The predicted octanol–water partition coefficient (Wildman–Crippen LogP) is 1.20. The number of nitrogens with one attached hydrogen (secondary N) is 1. The molecular weight excluding hydrogens is 148 g/mol. The molecule has 68 valence electrons. The first kappa shape index (κ1) is 8.27. The Morgan fingerprint density at radius 1 is 1.42 bits per heavy atom. The van der Waals surface area contributed by atoms with E-state index in [1.807, 2.05) is 6.08 Å². The Morgan fingerprint density at radius 3 is 2.67 bits per heavy atom. The summed E-state index contributed by atoms with van der Waals surface area (Å²) in [6, 6.07) is 0. The van der Waals surface area contributed by atoms with Crippen LogP contribution in [0.5, 0.6) is 0 Å². The Balaban J connectivity index is 1.86. The maximum atomic E-state index is 3.73. The van der Waals surface area contributed by atoms with Crippen molar-refractivity contribution < 1.29 is 0 Å². The van der Waals surface area contributed by atoms with Crippen molar-refractivity contribution >= 4 is 0 Å². The maximum Gasteiger partial charge on any atom is 0.0602 e. The highest BCUT2D eigenvalue weighted by atomic mass is 15.3. The van der Waals surface area contributed by atoms with Gasteiger partial charge in [-0.1, -0.05) is 6.08 Å². The molecule has 2 heteroatoms. The fraction of sp³-hybridized carbons (Fsp3) is 0.800. The van der Waals surface area contributed by atoms with Crippen LogP contribution in [0.25, 0.3) is 0 Å². The Hall–Kier alpha value is -0.340. The lowest BCUT2D eigenvalue weighted by atomic mass is 9.86. The first-order valence-corrected chi connectivity index (χ1v) is 4.98. The average Bonchev–Trinajstić information content (AvgIpc) is 2.17. The third-order valence-electron chi connectivity index (χ3n) is 3.14. The van der Waals surface area contributed by atoms with E-state index in [0.29, 0.717) is 6.17 Å². The molecule has 0 radical (unpaired) electrons. The Bertz CT molecular complexity index is 159. The molecule has 3 heterocycles. The molecule has 0 aromatic heterocycles. The highest BCUT2D eigenvalue weighted by Crippen LogP contribution is 2.30. The number of nitrogens with zero attached hydrogens (tertiary/aromatic N) is 1. The van der Waals surface area contributed by atoms with E-state index in [9.17, 15) is 0 Å². The summed E-state index contributed by atoms with van der Waals surface area (Å²) in [4.78, 5) is 2.57. The monoisotopic (exact) mass is 166 g/mol. The van der Waals surface area contributed by atoms with E-state index >= 15 is 0 Å². The molecule has 1 atom stereocenters. The van der Waals surface area contributed by atoms with Crippen molar-refractivity contribution in [2.75, 3.05) is 19.6 Å². The largest absolute Gasteiger partial charge is 0.298 e. The second-order valence-electron chi connectivity index (χ2n) is 3.93. The van der Waals surface area contributed by atoms with Gasteiger partial charge in [0.1, 0.15) is 0 Å². The van der Waals surface area contributed by atoms with Gasteiger partial charge in [0.25, 0.3) is 0 Å². The van der Waals surface area contributed by atoms with E-state index in [-0.39, 0.29) is 0 Å². The summed E-state index contributed by atoms with van der Waals surface area (Å²) in [7, 11) is 0. The van der Waals surface area contributed by atoms with Gasteiger partial charge in [-0.15, -0.1) is 6.58 Å². The van der Waals surface area contributed by atoms with Crippen LogP contribution in [0.3, 0.4) is 0 Å². The number of piperidine rings is 3. The van der Waals surface area contributed by atoms with E-state index in [4.69, 9.17) is 0 Å². The standard InChI is InChI=1S/C10H18N2/c1-2-5-11-10-8-9-3-6-12(10)7-4-9/h2,9-11H,1,3-8H2. The van der Waals surface area contributed by atoms with Gasteiger partial charge < -0.3 is 0 Å². The van der Waals surface area contributed by atoms with Crippen molar-refractivity contribution in [3.05, 3.63) is 12.7 Å². The molecule has 0 amide bonds. The molecule has 3 saturated heterocycles. The van der Waals surface area contributed by atoms with Gasteiger partial charge in [-0.05, 0) is 38.3 Å². The minimum absolute atomic E-state index is 0.649. The topological polar surface area (TPSA) is 15.3 Å². The fourth-order valence-corrected chi connectivity index (χ4v) is 2.40. The highest BCUT2D eigenvalue weighted by molar-refractivity contribution is 4.87. The van der Waals surface area contributed by atoms with Crippen molar-refractivity contribution in [2.24, 2.45) is 5.92 Å². The third kappa shape index (κ3) is 1.54. The second kappa shape index (κ2) is 3.58. The van der Waals surface area contributed by atoms with Crippen LogP contribution in [-0.2, 0) is 0 Å². The van der Waals surface area contributed by atoms with E-state index in [1.165, 1.54) is 32.4 Å². The summed E-state index contributed by atoms with van der Waals surface area (Å²) in [6.45, 7) is 7.29. The van der Waals surface area contributed by atoms with Gasteiger partial charge in [0.15, 0.2) is 0 Å². The van der Waals surface area contributed by atoms with Crippen molar-refractivity contribution in [1.82, 2.24) is 10.2 Å². The van der Waals surface area contributed by atoms with Crippen LogP contribution in [0.4, 0.5) is 0 Å². The molecule has 0 spiro atoms. The van der Waals surface area contributed by atoms with Gasteiger partial charge in [0.2, 0.25) is 0 Å². The second-order valence-corrected chi connectivity index (χ2v) is 3.93. The summed E-state index contributed by atoms with van der Waals surface area (Å²) in [5, 5.41) is 3.51. The van der Waals surface area contributed by atoms with E-state index in [2.05, 4.69) is 16.8 Å². The smallest absolute Gasteiger partial charge is 0.0602 e. The molecule has 1 N–H and O–H groups in total. The molecular formula is C10H18N2. The Labute approximate surface area is 74.6 Å². The minimum atomic E-state index is 0.649. The Kier molecular flexibility index (Phi) is 2.47. The van der Waals surface area contributed by atoms with Crippen LogP contribution in [-0.4, -0.2) is 30.7 Å². The average molecular weight is 166 g/mol. The summed E-state index contributed by atoms with van der Waals surface area (Å²) >= 11 is 0. The van der Waals surface area contributed by atoms with Gasteiger partial charge in [0, 0.05) is 6.54 Å². The van der Waals surface area contributed by atoms with Crippen molar-refractivity contribution in [1.29, 1.82) is 0 Å². The first-order valence-electron chi connectivity index (χ1n) is 4.98. The highest BCUT2D eigenvalue weighted by Gasteiger charge is 2.32. The first-order chi connectivity index (χ1) is 5.90. The molecule has 3 aliphatic rings. The fourth-order valence-electron chi connectivity index (χ4n) is 2.40. The van der Waals surface area contributed by atoms with Crippen LogP contribution < -0.4 is 5.32 Å². The zero-order valence-electron chi connectivity index (χ0n) is 7.63. The van der Waals surface area contributed by atoms with Crippen LogP contribution in [0, 0.1) is 5.92 Å². The summed E-state index contributed by atoms with van der Waals surface area (Å²) in [5.41, 5.74) is 0. The number of hydrogen-bond donors (Lipinski definition) is 1. The molecule has 3 fully saturated rings. The van der Waals surface area contributed by atoms with Crippen molar-refractivity contribution in [3.8, 4) is 0 Å². The molecule has 0 aliphatic carbocycles. The number of hydrogen-bond acceptors (Lipinski definition) is 2. The lowest BCUT2D eigenvalue weighted by Crippen LogP contribution is -2.55. The van der Waals surface area contributed by atoms with Crippen LogP contribution in [0.2, 0.25) is 0 Å². The van der Waals surface area contributed by atoms with Gasteiger partial charge in [-0.25, -0.2) is 0 Å². The van der Waals surface area contributed by atoms with Crippen LogP contribution in [0.15, 0.2) is 12.7 Å². The molecule has 0 aromatic carbocycles. The lowest BCUT2D eigenvalue weighted by Gasteiger charge is -2.45. The van der Waals surface area contributed by atoms with Gasteiger partial charge in [-0.3, -0.25) is 10.2 Å². The molecule has 12 heavy (non-hydrogen) atoms. The molecule has 2 nitrogen and oxygen atoms in total. The minimum Gasteiger partial charge on any atom is -0.298 e. The number of rotatable bonds is 3. The normalized spacial score (nSPS) is 39.8. The number of fused-ring (bicyclic) bond motifs is 3. The van der Waals surface area contributed by atoms with E-state index in [0.717, 1.165) is 12.5 Å². The maximum absolute atomic E-state index is 3.73. The van der Waals surface area contributed by atoms with Crippen molar-refractivity contribution in [3.63, 3.8) is 0 Å². The van der Waals surface area contributed by atoms with E-state index in [1.54, 1.807) is 0 Å². The third-order valence-corrected chi connectivity index (χ3v) is 3.14. The molecule has 3 aliphatic heterocycles. The van der Waals surface area contributed by atoms with E-state index < -0.39 is 0 Å². The molecule has 0 saturated carbocycles. The molecule has 3 rings (SSSR count). The van der Waals surface area contributed by atoms with Gasteiger partial charge >= 0.3 is 0 Å². The van der Waals surface area contributed by atoms with Crippen LogP contribution >= 0.6 is 0 Å². The van der Waals surface area contributed by atoms with Gasteiger partial charge in [-0.2, -0.15) is 0 Å². The molecule has 2 bridgehead atoms. The van der Waals surface area contributed by atoms with Crippen LogP contribution in [0.1, 0.15) is 19.3 Å².